The van der Waals surface area contributed by atoms with Crippen LogP contribution < -0.4 is 5.32 Å². The lowest BCUT2D eigenvalue weighted by Crippen LogP contribution is -2.22. The van der Waals surface area contributed by atoms with E-state index in [-0.39, 0.29) is 5.91 Å². The Morgan fingerprint density at radius 1 is 1.09 bits per heavy atom. The van der Waals surface area contributed by atoms with Crippen molar-refractivity contribution < 1.29 is 4.79 Å². The van der Waals surface area contributed by atoms with Crippen molar-refractivity contribution in [2.24, 2.45) is 0 Å². The summed E-state index contributed by atoms with van der Waals surface area (Å²) in [5, 5.41) is 7.62. The molecule has 110 valence electrons. The number of amides is 1. The normalized spacial score (nSPS) is 10.4. The molecule has 1 amide bonds. The number of halogens is 1. The van der Waals surface area contributed by atoms with E-state index in [4.69, 9.17) is 11.6 Å². The van der Waals surface area contributed by atoms with Crippen LogP contribution in [-0.2, 0) is 6.54 Å². The molecule has 0 unspecified atom stereocenters. The topological polar surface area (TPSA) is 54.9 Å². The van der Waals surface area contributed by atoms with Gasteiger partial charge in [-0.2, -0.15) is 0 Å². The average Bonchev–Trinajstić information content (AvgIpc) is 3.04. The lowest BCUT2D eigenvalue weighted by Gasteiger charge is -2.05. The van der Waals surface area contributed by atoms with Crippen molar-refractivity contribution in [2.45, 2.75) is 6.54 Å². The molecule has 0 spiro atoms. The van der Waals surface area contributed by atoms with E-state index >= 15 is 0 Å². The summed E-state index contributed by atoms with van der Waals surface area (Å²) >= 11 is 6.94. The van der Waals surface area contributed by atoms with Crippen LogP contribution in [0, 0.1) is 0 Å². The van der Waals surface area contributed by atoms with Crippen LogP contribution in [0.2, 0.25) is 5.02 Å². The second kappa shape index (κ2) is 6.68. The minimum absolute atomic E-state index is 0.177. The first kappa shape index (κ1) is 14.7. The lowest BCUT2D eigenvalue weighted by atomic mass is 10.1. The predicted octanol–water partition coefficient (Wildman–Crippen LogP) is 3.79. The van der Waals surface area contributed by atoms with E-state index in [1.165, 1.54) is 0 Å². The zero-order valence-electron chi connectivity index (χ0n) is 11.5. The minimum atomic E-state index is -0.177. The fourth-order valence-corrected chi connectivity index (χ4v) is 2.72. The smallest absolute Gasteiger partial charge is 0.265 e. The van der Waals surface area contributed by atoms with Crippen LogP contribution >= 0.6 is 23.1 Å². The predicted molar refractivity (Wildman–Crippen MR) is 88.0 cm³/mol. The molecule has 0 bridgehead atoms. The molecule has 0 saturated carbocycles. The van der Waals surface area contributed by atoms with Gasteiger partial charge in [-0.1, -0.05) is 58.6 Å². The van der Waals surface area contributed by atoms with Gasteiger partial charge in [-0.25, -0.2) is 0 Å². The number of nitrogens with one attached hydrogen (secondary N) is 1. The number of benzene rings is 2. The van der Waals surface area contributed by atoms with E-state index in [0.29, 0.717) is 22.1 Å². The summed E-state index contributed by atoms with van der Waals surface area (Å²) in [6.07, 6.45) is 0. The first-order valence-corrected chi connectivity index (χ1v) is 7.79. The molecule has 0 radical (unpaired) electrons. The molecule has 4 nitrogen and oxygen atoms in total. The summed E-state index contributed by atoms with van der Waals surface area (Å²) in [6.45, 7) is 0.433. The number of nitrogens with zero attached hydrogens (tertiary/aromatic N) is 2. The largest absolute Gasteiger partial charge is 0.347 e. The molecule has 1 aromatic heterocycles. The van der Waals surface area contributed by atoms with Gasteiger partial charge < -0.3 is 5.32 Å². The third kappa shape index (κ3) is 3.32. The van der Waals surface area contributed by atoms with Crippen molar-refractivity contribution in [3.05, 3.63) is 70.1 Å². The van der Waals surface area contributed by atoms with Gasteiger partial charge in [0.2, 0.25) is 0 Å². The van der Waals surface area contributed by atoms with E-state index < -0.39 is 0 Å². The Balaban J connectivity index is 1.73. The molecule has 0 aliphatic carbocycles. The van der Waals surface area contributed by atoms with Crippen LogP contribution in [0.1, 0.15) is 15.2 Å². The van der Waals surface area contributed by atoms with Gasteiger partial charge in [-0.15, -0.1) is 5.10 Å². The number of carbonyl (C=O) groups excluding carboxylic acids is 1. The van der Waals surface area contributed by atoms with Crippen molar-refractivity contribution in [1.29, 1.82) is 0 Å². The van der Waals surface area contributed by atoms with E-state index in [9.17, 15) is 4.79 Å². The number of rotatable bonds is 4. The third-order valence-corrected chi connectivity index (χ3v) is 4.08. The summed E-state index contributed by atoms with van der Waals surface area (Å²) < 4.78 is 3.90. The average molecular weight is 330 g/mol. The summed E-state index contributed by atoms with van der Waals surface area (Å²) in [4.78, 5) is 12.8. The highest BCUT2D eigenvalue weighted by molar-refractivity contribution is 7.08. The second-order valence-electron chi connectivity index (χ2n) is 4.63. The van der Waals surface area contributed by atoms with Crippen LogP contribution in [0.15, 0.2) is 54.6 Å². The number of carbonyl (C=O) groups is 1. The van der Waals surface area contributed by atoms with Gasteiger partial charge in [0.1, 0.15) is 10.6 Å². The van der Waals surface area contributed by atoms with Gasteiger partial charge in [0.25, 0.3) is 5.91 Å². The molecule has 1 heterocycles. The SMILES string of the molecule is O=C(NCc1ccc(Cl)cc1)c1snnc1-c1ccccc1. The zero-order chi connectivity index (χ0) is 15.4. The van der Waals surface area contributed by atoms with Crippen molar-refractivity contribution >= 4 is 29.0 Å². The number of aromatic nitrogens is 2. The molecule has 1 N–H and O–H groups in total. The standard InChI is InChI=1S/C16H12ClN3OS/c17-13-8-6-11(7-9-13)10-18-16(21)15-14(19-20-22-15)12-4-2-1-3-5-12/h1-9H,10H2,(H,18,21). The van der Waals surface area contributed by atoms with Crippen molar-refractivity contribution in [2.75, 3.05) is 0 Å². The molecule has 22 heavy (non-hydrogen) atoms. The Morgan fingerprint density at radius 2 is 1.82 bits per heavy atom. The molecule has 0 atom stereocenters. The van der Waals surface area contributed by atoms with Crippen molar-refractivity contribution in [1.82, 2.24) is 14.9 Å². The van der Waals surface area contributed by atoms with Gasteiger partial charge in [0.15, 0.2) is 0 Å². The maximum Gasteiger partial charge on any atom is 0.265 e. The van der Waals surface area contributed by atoms with E-state index in [2.05, 4.69) is 14.9 Å². The molecular weight excluding hydrogens is 318 g/mol. The van der Waals surface area contributed by atoms with Gasteiger partial charge in [-0.3, -0.25) is 4.79 Å². The van der Waals surface area contributed by atoms with Crippen LogP contribution in [0.25, 0.3) is 11.3 Å². The molecule has 0 saturated heterocycles. The second-order valence-corrected chi connectivity index (χ2v) is 5.82. The fourth-order valence-electron chi connectivity index (χ4n) is 1.99. The molecule has 3 rings (SSSR count). The molecular formula is C16H12ClN3OS. The van der Waals surface area contributed by atoms with Crippen LogP contribution in [0.4, 0.5) is 0 Å². The van der Waals surface area contributed by atoms with Crippen molar-refractivity contribution in [3.8, 4) is 11.3 Å². The maximum absolute atomic E-state index is 12.3. The summed E-state index contributed by atoms with van der Waals surface area (Å²) in [7, 11) is 0. The Kier molecular flexibility index (Phi) is 4.46. The Hall–Kier alpha value is -2.24. The van der Waals surface area contributed by atoms with Crippen LogP contribution in [0.3, 0.4) is 0 Å². The summed E-state index contributed by atoms with van der Waals surface area (Å²) in [6, 6.07) is 16.9. The fraction of sp³-hybridized carbons (Fsp3) is 0.0625. The zero-order valence-corrected chi connectivity index (χ0v) is 13.1. The molecule has 0 fully saturated rings. The quantitative estimate of drug-likeness (QED) is 0.792. The van der Waals surface area contributed by atoms with Crippen LogP contribution in [-0.4, -0.2) is 15.5 Å². The molecule has 6 heteroatoms. The van der Waals surface area contributed by atoms with Gasteiger partial charge >= 0.3 is 0 Å². The number of hydrogen-bond acceptors (Lipinski definition) is 4. The van der Waals surface area contributed by atoms with Gasteiger partial charge in [0, 0.05) is 17.1 Å². The number of hydrogen-bond donors (Lipinski definition) is 1. The monoisotopic (exact) mass is 329 g/mol. The van der Waals surface area contributed by atoms with Crippen molar-refractivity contribution in [3.63, 3.8) is 0 Å². The Bertz CT molecular complexity index is 772. The first-order valence-electron chi connectivity index (χ1n) is 6.64. The molecule has 2 aromatic carbocycles. The van der Waals surface area contributed by atoms with E-state index in [1.807, 2.05) is 42.5 Å². The molecule has 0 aliphatic heterocycles. The van der Waals surface area contributed by atoms with Crippen LogP contribution in [0.5, 0.6) is 0 Å². The molecule has 3 aromatic rings. The Labute approximate surface area is 136 Å². The molecule has 0 aliphatic rings. The lowest BCUT2D eigenvalue weighted by molar-refractivity contribution is 0.0955. The highest BCUT2D eigenvalue weighted by atomic mass is 35.5. The van der Waals surface area contributed by atoms with Gasteiger partial charge in [0.05, 0.1) is 0 Å². The summed E-state index contributed by atoms with van der Waals surface area (Å²) in [5.41, 5.74) is 2.48. The first-order chi connectivity index (χ1) is 10.7. The van der Waals surface area contributed by atoms with Gasteiger partial charge in [-0.05, 0) is 29.2 Å². The Morgan fingerprint density at radius 3 is 2.55 bits per heavy atom. The maximum atomic E-state index is 12.3. The third-order valence-electron chi connectivity index (χ3n) is 3.11. The highest BCUT2D eigenvalue weighted by Gasteiger charge is 2.17. The summed E-state index contributed by atoms with van der Waals surface area (Å²) in [5.74, 6) is -0.177. The van der Waals surface area contributed by atoms with E-state index in [0.717, 1.165) is 22.7 Å². The minimum Gasteiger partial charge on any atom is -0.347 e. The van der Waals surface area contributed by atoms with E-state index in [1.54, 1.807) is 12.1 Å². The highest BCUT2D eigenvalue weighted by Crippen LogP contribution is 2.23.